The molecule has 0 amide bonds. The summed E-state index contributed by atoms with van der Waals surface area (Å²) in [6.07, 6.45) is 2.02. The third kappa shape index (κ3) is 6.28. The van der Waals surface area contributed by atoms with Crippen LogP contribution in [0.2, 0.25) is 0 Å². The van der Waals surface area contributed by atoms with Gasteiger partial charge in [-0.15, -0.1) is 0 Å². The predicted octanol–water partition coefficient (Wildman–Crippen LogP) is 3.18. The van der Waals surface area contributed by atoms with Crippen LogP contribution in [0.3, 0.4) is 0 Å². The van der Waals surface area contributed by atoms with Crippen molar-refractivity contribution in [3.63, 3.8) is 0 Å². The molecule has 0 aliphatic heterocycles. The molecule has 1 rings (SSSR count). The molecule has 0 fully saturated rings. The maximum atomic E-state index is 11.5. The van der Waals surface area contributed by atoms with Crippen molar-refractivity contribution in [3.05, 3.63) is 29.8 Å². The molecule has 0 saturated carbocycles. The number of nitrogens with two attached hydrogens (primary N) is 1. The minimum atomic E-state index is -0.129. The van der Waals surface area contributed by atoms with Gasteiger partial charge >= 0.3 is 5.97 Å². The quantitative estimate of drug-likeness (QED) is 0.644. The molecule has 0 heterocycles. The van der Waals surface area contributed by atoms with Crippen molar-refractivity contribution < 1.29 is 9.53 Å². The highest BCUT2D eigenvalue weighted by atomic mass is 16.5. The van der Waals surface area contributed by atoms with Gasteiger partial charge in [0.1, 0.15) is 0 Å². The Kier molecular flexibility index (Phi) is 5.20. The van der Waals surface area contributed by atoms with Gasteiger partial charge in [0.2, 0.25) is 0 Å². The lowest BCUT2D eigenvalue weighted by Gasteiger charge is -2.17. The fourth-order valence-electron chi connectivity index (χ4n) is 1.47. The van der Waals surface area contributed by atoms with Crippen LogP contribution in [-0.2, 0) is 16.0 Å². The van der Waals surface area contributed by atoms with Crippen molar-refractivity contribution in [2.45, 2.75) is 40.0 Å². The summed E-state index contributed by atoms with van der Waals surface area (Å²) in [5, 5.41) is 0. The zero-order valence-corrected chi connectivity index (χ0v) is 11.5. The normalized spacial score (nSPS) is 11.3. The fourth-order valence-corrected chi connectivity index (χ4v) is 1.47. The van der Waals surface area contributed by atoms with Crippen LogP contribution in [-0.4, -0.2) is 12.6 Å². The van der Waals surface area contributed by atoms with E-state index in [4.69, 9.17) is 10.5 Å². The Bertz CT molecular complexity index is 376. The van der Waals surface area contributed by atoms with Gasteiger partial charge in [0.25, 0.3) is 0 Å². The molecule has 0 spiro atoms. The molecule has 0 aliphatic carbocycles. The van der Waals surface area contributed by atoms with Gasteiger partial charge in [-0.1, -0.05) is 32.9 Å². The van der Waals surface area contributed by atoms with Gasteiger partial charge in [0.05, 0.1) is 6.61 Å². The fraction of sp³-hybridized carbons (Fsp3) is 0.533. The first-order chi connectivity index (χ1) is 8.37. The standard InChI is InChI=1S/C15H23NO2/c1-15(2,3)10-11-18-14(17)9-6-12-4-7-13(16)8-5-12/h4-5,7-8H,6,9-11,16H2,1-3H3. The topological polar surface area (TPSA) is 52.3 Å². The number of rotatable bonds is 5. The zero-order valence-electron chi connectivity index (χ0n) is 11.5. The highest BCUT2D eigenvalue weighted by Gasteiger charge is 2.11. The van der Waals surface area contributed by atoms with E-state index in [-0.39, 0.29) is 11.4 Å². The second-order valence-electron chi connectivity index (χ2n) is 5.77. The summed E-state index contributed by atoms with van der Waals surface area (Å²) in [5.74, 6) is -0.129. The summed E-state index contributed by atoms with van der Waals surface area (Å²) in [7, 11) is 0. The molecule has 0 unspecified atom stereocenters. The van der Waals surface area contributed by atoms with Gasteiger partial charge < -0.3 is 10.5 Å². The van der Waals surface area contributed by atoms with Crippen LogP contribution in [0.25, 0.3) is 0 Å². The number of nitrogen functional groups attached to an aromatic ring is 1. The minimum absolute atomic E-state index is 0.129. The van der Waals surface area contributed by atoms with Crippen molar-refractivity contribution in [1.82, 2.24) is 0 Å². The summed E-state index contributed by atoms with van der Waals surface area (Å²) in [4.78, 5) is 11.5. The van der Waals surface area contributed by atoms with Gasteiger partial charge in [-0.25, -0.2) is 0 Å². The van der Waals surface area contributed by atoms with Crippen LogP contribution >= 0.6 is 0 Å². The van der Waals surface area contributed by atoms with Crippen molar-refractivity contribution in [2.75, 3.05) is 12.3 Å². The van der Waals surface area contributed by atoms with Crippen molar-refractivity contribution in [3.8, 4) is 0 Å². The van der Waals surface area contributed by atoms with Crippen LogP contribution in [0.1, 0.15) is 39.2 Å². The Morgan fingerprint density at radius 1 is 1.22 bits per heavy atom. The number of carbonyl (C=O) groups excluding carboxylic acids is 1. The molecule has 100 valence electrons. The van der Waals surface area contributed by atoms with E-state index in [0.29, 0.717) is 19.4 Å². The third-order valence-electron chi connectivity index (χ3n) is 2.71. The van der Waals surface area contributed by atoms with Crippen molar-refractivity contribution in [2.24, 2.45) is 5.41 Å². The van der Waals surface area contributed by atoms with Crippen LogP contribution < -0.4 is 5.73 Å². The maximum absolute atomic E-state index is 11.5. The predicted molar refractivity (Wildman–Crippen MR) is 74.2 cm³/mol. The van der Waals surface area contributed by atoms with Crippen molar-refractivity contribution in [1.29, 1.82) is 0 Å². The van der Waals surface area contributed by atoms with E-state index in [1.165, 1.54) is 0 Å². The number of esters is 1. The molecule has 1 aromatic carbocycles. The number of benzene rings is 1. The number of ether oxygens (including phenoxy) is 1. The molecule has 3 heteroatoms. The lowest BCUT2D eigenvalue weighted by molar-refractivity contribution is -0.144. The van der Waals surface area contributed by atoms with Gasteiger partial charge in [-0.2, -0.15) is 0 Å². The molecule has 3 nitrogen and oxygen atoms in total. The van der Waals surface area contributed by atoms with Gasteiger partial charge in [-0.05, 0) is 36.0 Å². The highest BCUT2D eigenvalue weighted by molar-refractivity contribution is 5.69. The van der Waals surface area contributed by atoms with E-state index in [2.05, 4.69) is 20.8 Å². The van der Waals surface area contributed by atoms with Crippen molar-refractivity contribution >= 4 is 11.7 Å². The van der Waals surface area contributed by atoms with E-state index in [9.17, 15) is 4.79 Å². The summed E-state index contributed by atoms with van der Waals surface area (Å²) < 4.78 is 5.20. The largest absolute Gasteiger partial charge is 0.466 e. The first kappa shape index (κ1) is 14.6. The number of hydrogen-bond acceptors (Lipinski definition) is 3. The first-order valence-electron chi connectivity index (χ1n) is 6.37. The smallest absolute Gasteiger partial charge is 0.306 e. The Labute approximate surface area is 109 Å². The monoisotopic (exact) mass is 249 g/mol. The Hall–Kier alpha value is -1.51. The summed E-state index contributed by atoms with van der Waals surface area (Å²) in [6.45, 7) is 6.91. The Morgan fingerprint density at radius 3 is 2.39 bits per heavy atom. The second-order valence-corrected chi connectivity index (χ2v) is 5.77. The minimum Gasteiger partial charge on any atom is -0.466 e. The molecule has 18 heavy (non-hydrogen) atoms. The third-order valence-corrected chi connectivity index (χ3v) is 2.71. The molecule has 1 aromatic rings. The molecule has 0 aliphatic rings. The molecule has 0 aromatic heterocycles. The number of aryl methyl sites for hydroxylation is 1. The first-order valence-corrected chi connectivity index (χ1v) is 6.37. The molecule has 0 bridgehead atoms. The maximum Gasteiger partial charge on any atom is 0.306 e. The average Bonchev–Trinajstić information content (AvgIpc) is 2.26. The number of hydrogen-bond donors (Lipinski definition) is 1. The Morgan fingerprint density at radius 2 is 1.83 bits per heavy atom. The van der Waals surface area contributed by atoms with E-state index < -0.39 is 0 Å². The molecule has 2 N–H and O–H groups in total. The van der Waals surface area contributed by atoms with Gasteiger partial charge in [0.15, 0.2) is 0 Å². The van der Waals surface area contributed by atoms with Crippen LogP contribution in [0.15, 0.2) is 24.3 Å². The van der Waals surface area contributed by atoms with E-state index >= 15 is 0 Å². The van der Waals surface area contributed by atoms with Gasteiger partial charge in [-0.3, -0.25) is 4.79 Å². The molecule has 0 saturated heterocycles. The average molecular weight is 249 g/mol. The highest BCUT2D eigenvalue weighted by Crippen LogP contribution is 2.18. The molecular weight excluding hydrogens is 226 g/mol. The van der Waals surface area contributed by atoms with E-state index in [1.54, 1.807) is 0 Å². The van der Waals surface area contributed by atoms with Crippen LogP contribution in [0.4, 0.5) is 5.69 Å². The van der Waals surface area contributed by atoms with E-state index in [1.807, 2.05) is 24.3 Å². The lowest BCUT2D eigenvalue weighted by Crippen LogP contribution is -2.13. The number of carbonyl (C=O) groups is 1. The number of anilines is 1. The molecule has 0 atom stereocenters. The van der Waals surface area contributed by atoms with Crippen LogP contribution in [0.5, 0.6) is 0 Å². The zero-order chi connectivity index (χ0) is 13.6. The lowest BCUT2D eigenvalue weighted by atomic mass is 9.93. The summed E-state index contributed by atoms with van der Waals surface area (Å²) in [6, 6.07) is 7.58. The van der Waals surface area contributed by atoms with E-state index in [0.717, 1.165) is 17.7 Å². The SMILES string of the molecule is CC(C)(C)CCOC(=O)CCc1ccc(N)cc1. The summed E-state index contributed by atoms with van der Waals surface area (Å²) >= 11 is 0. The molecular formula is C15H23NO2. The van der Waals surface area contributed by atoms with Gasteiger partial charge in [0, 0.05) is 12.1 Å². The summed E-state index contributed by atoms with van der Waals surface area (Å²) in [5.41, 5.74) is 7.65. The second kappa shape index (κ2) is 6.43. The Balaban J connectivity index is 2.23. The van der Waals surface area contributed by atoms with Crippen LogP contribution in [0, 0.1) is 5.41 Å². The molecule has 0 radical (unpaired) electrons.